The Hall–Kier alpha value is -1.90. The Labute approximate surface area is 210 Å². The Morgan fingerprint density at radius 1 is 1.21 bits per heavy atom. The third-order valence-electron chi connectivity index (χ3n) is 7.44. The smallest absolute Gasteiger partial charge is 0.407 e. The second-order valence-corrected chi connectivity index (χ2v) is 11.4. The molecule has 2 rings (SSSR count). The second kappa shape index (κ2) is 12.7. The van der Waals surface area contributed by atoms with Crippen LogP contribution in [0.15, 0.2) is 0 Å². The van der Waals surface area contributed by atoms with E-state index in [1.165, 1.54) is 0 Å². The van der Waals surface area contributed by atoms with Crippen LogP contribution in [0.1, 0.15) is 79.6 Å². The van der Waals surface area contributed by atoms with E-state index in [4.69, 9.17) is 28.1 Å². The van der Waals surface area contributed by atoms with Gasteiger partial charge in [0, 0.05) is 19.0 Å². The van der Waals surface area contributed by atoms with Crippen molar-refractivity contribution in [2.45, 2.75) is 91.6 Å². The number of nitrogens with one attached hydrogen (secondary N) is 3. The summed E-state index contributed by atoms with van der Waals surface area (Å²) in [5, 5.41) is 13.8. The van der Waals surface area contributed by atoms with Crippen molar-refractivity contribution in [1.82, 2.24) is 15.5 Å². The molecule has 1 saturated heterocycles. The number of nitrogens with zero attached hydrogens (tertiary/aromatic N) is 1. The van der Waals surface area contributed by atoms with Gasteiger partial charge in [0.1, 0.15) is 11.0 Å². The molecule has 0 unspecified atom stereocenters. The number of alkyl carbamates (subject to hydrolysis) is 1. The fourth-order valence-electron chi connectivity index (χ4n) is 4.71. The number of ether oxygens (including phenoxy) is 1. The lowest BCUT2D eigenvalue weighted by Gasteiger charge is -2.39. The maximum absolute atomic E-state index is 13.1. The van der Waals surface area contributed by atoms with Crippen LogP contribution in [0.3, 0.4) is 0 Å². The molecule has 2 amide bonds. The number of hydrogen-bond acceptors (Lipinski definition) is 5. The molecule has 2 fully saturated rings. The molecule has 0 bridgehead atoms. The molecular formula is C25H45N5O3S. The molecular weight excluding hydrogens is 450 g/mol. The Bertz CT molecular complexity index is 734. The molecule has 0 aromatic rings. The SMILES string of the molecule is CCC(C)(C)[C@H](NC(=O)OCC(C)C)C(=S)N1CCC[C@H]1C(=O)NCC1CCC(C(=N)N)CC1. The molecule has 0 radical (unpaired) electrons. The monoisotopic (exact) mass is 495 g/mol. The lowest BCUT2D eigenvalue weighted by molar-refractivity contribution is -0.124. The number of likely N-dealkylation sites (tertiary alicyclic amines) is 1. The molecule has 0 spiro atoms. The van der Waals surface area contributed by atoms with Crippen molar-refractivity contribution >= 4 is 35.0 Å². The molecule has 8 nitrogen and oxygen atoms in total. The Balaban J connectivity index is 1.99. The Kier molecular flexibility index (Phi) is 10.6. The van der Waals surface area contributed by atoms with Gasteiger partial charge in [-0.15, -0.1) is 0 Å². The molecule has 0 aromatic carbocycles. The van der Waals surface area contributed by atoms with E-state index >= 15 is 0 Å². The van der Waals surface area contributed by atoms with Gasteiger partial charge in [0.15, 0.2) is 0 Å². The van der Waals surface area contributed by atoms with E-state index in [0.717, 1.165) is 44.9 Å². The van der Waals surface area contributed by atoms with Crippen LogP contribution in [0.25, 0.3) is 0 Å². The van der Waals surface area contributed by atoms with E-state index in [1.807, 2.05) is 18.7 Å². The molecule has 5 N–H and O–H groups in total. The molecule has 1 heterocycles. The van der Waals surface area contributed by atoms with Gasteiger partial charge in [0.05, 0.1) is 18.5 Å². The summed E-state index contributed by atoms with van der Waals surface area (Å²) in [5.41, 5.74) is 5.36. The third kappa shape index (κ3) is 7.82. The first kappa shape index (κ1) is 28.3. The molecule has 2 atom stereocenters. The number of amides is 2. The zero-order chi connectivity index (χ0) is 25.5. The summed E-state index contributed by atoms with van der Waals surface area (Å²) < 4.78 is 5.36. The molecule has 34 heavy (non-hydrogen) atoms. The minimum absolute atomic E-state index is 0.00369. The van der Waals surface area contributed by atoms with E-state index in [1.54, 1.807) is 0 Å². The fourth-order valence-corrected chi connectivity index (χ4v) is 5.30. The normalized spacial score (nSPS) is 23.9. The molecule has 9 heteroatoms. The summed E-state index contributed by atoms with van der Waals surface area (Å²) in [4.78, 5) is 28.2. The van der Waals surface area contributed by atoms with Crippen molar-refractivity contribution in [2.24, 2.45) is 28.9 Å². The molecule has 1 aliphatic heterocycles. The maximum Gasteiger partial charge on any atom is 0.407 e. The van der Waals surface area contributed by atoms with Gasteiger partial charge in [-0.3, -0.25) is 10.2 Å². The largest absolute Gasteiger partial charge is 0.449 e. The van der Waals surface area contributed by atoms with Crippen LogP contribution in [0.2, 0.25) is 0 Å². The Morgan fingerprint density at radius 2 is 1.85 bits per heavy atom. The quantitative estimate of drug-likeness (QED) is 0.208. The summed E-state index contributed by atoms with van der Waals surface area (Å²) in [6.07, 6.45) is 5.78. The maximum atomic E-state index is 13.1. The van der Waals surface area contributed by atoms with Crippen LogP contribution in [-0.2, 0) is 9.53 Å². The van der Waals surface area contributed by atoms with Crippen LogP contribution in [0, 0.1) is 28.6 Å². The van der Waals surface area contributed by atoms with Crippen molar-refractivity contribution in [3.05, 3.63) is 0 Å². The van der Waals surface area contributed by atoms with Crippen LogP contribution in [0.4, 0.5) is 4.79 Å². The van der Waals surface area contributed by atoms with E-state index < -0.39 is 12.1 Å². The van der Waals surface area contributed by atoms with Crippen LogP contribution >= 0.6 is 12.2 Å². The highest BCUT2D eigenvalue weighted by atomic mass is 32.1. The summed E-state index contributed by atoms with van der Waals surface area (Å²) >= 11 is 5.89. The number of amidine groups is 1. The highest BCUT2D eigenvalue weighted by molar-refractivity contribution is 7.80. The standard InChI is InChI=1S/C25H45N5O3S/c1-6-25(4,5)20(29-24(32)33-15-16(2)3)23(34)30-13-7-8-19(30)22(31)28-14-17-9-11-18(12-10-17)21(26)27/h16-20H,6-15H2,1-5H3,(H3,26,27)(H,28,31)(H,29,32)/t17?,18?,19-,20+/m0/s1. The number of thiocarbonyl (C=S) groups is 1. The topological polar surface area (TPSA) is 121 Å². The van der Waals surface area contributed by atoms with Gasteiger partial charge >= 0.3 is 6.09 Å². The van der Waals surface area contributed by atoms with E-state index in [9.17, 15) is 9.59 Å². The average molecular weight is 496 g/mol. The van der Waals surface area contributed by atoms with Gasteiger partial charge < -0.3 is 26.0 Å². The van der Waals surface area contributed by atoms with E-state index in [-0.39, 0.29) is 35.0 Å². The first-order chi connectivity index (χ1) is 16.0. The average Bonchev–Trinajstić information content (AvgIpc) is 3.29. The van der Waals surface area contributed by atoms with Crippen LogP contribution in [-0.4, -0.2) is 59.5 Å². The number of hydrogen-bond donors (Lipinski definition) is 4. The third-order valence-corrected chi connectivity index (χ3v) is 7.91. The predicted molar refractivity (Wildman–Crippen MR) is 140 cm³/mol. The molecule has 1 aliphatic carbocycles. The highest BCUT2D eigenvalue weighted by Crippen LogP contribution is 2.31. The highest BCUT2D eigenvalue weighted by Gasteiger charge is 2.40. The zero-order valence-corrected chi connectivity index (χ0v) is 22.4. The minimum atomic E-state index is -0.469. The van der Waals surface area contributed by atoms with Crippen molar-refractivity contribution in [3.63, 3.8) is 0 Å². The van der Waals surface area contributed by atoms with Crippen LogP contribution in [0.5, 0.6) is 0 Å². The van der Waals surface area contributed by atoms with Gasteiger partial charge in [-0.2, -0.15) is 0 Å². The first-order valence-corrected chi connectivity index (χ1v) is 13.2. The first-order valence-electron chi connectivity index (χ1n) is 12.8. The second-order valence-electron chi connectivity index (χ2n) is 11.0. The lowest BCUT2D eigenvalue weighted by atomic mass is 9.81. The summed E-state index contributed by atoms with van der Waals surface area (Å²) in [6.45, 7) is 11.9. The molecule has 194 valence electrons. The zero-order valence-electron chi connectivity index (χ0n) is 21.6. The van der Waals surface area contributed by atoms with E-state index in [0.29, 0.717) is 30.6 Å². The predicted octanol–water partition coefficient (Wildman–Crippen LogP) is 3.82. The number of rotatable bonds is 10. The summed E-state index contributed by atoms with van der Waals surface area (Å²) in [7, 11) is 0. The van der Waals surface area contributed by atoms with Crippen molar-refractivity contribution < 1.29 is 14.3 Å². The fraction of sp³-hybridized carbons (Fsp3) is 0.840. The van der Waals surface area contributed by atoms with Crippen molar-refractivity contribution in [1.29, 1.82) is 5.41 Å². The van der Waals surface area contributed by atoms with Crippen LogP contribution < -0.4 is 16.4 Å². The van der Waals surface area contributed by atoms with Crippen molar-refractivity contribution in [3.8, 4) is 0 Å². The summed E-state index contributed by atoms with van der Waals surface area (Å²) in [6, 6.07) is -0.716. The van der Waals surface area contributed by atoms with Gasteiger partial charge in [-0.05, 0) is 62.2 Å². The van der Waals surface area contributed by atoms with Crippen molar-refractivity contribution in [2.75, 3.05) is 19.7 Å². The van der Waals surface area contributed by atoms with E-state index in [2.05, 4.69) is 31.4 Å². The molecule has 0 aromatic heterocycles. The lowest BCUT2D eigenvalue weighted by Crippen LogP contribution is -2.57. The molecule has 1 saturated carbocycles. The summed E-state index contributed by atoms with van der Waals surface area (Å²) in [5.74, 6) is 1.14. The van der Waals surface area contributed by atoms with Gasteiger partial charge in [-0.25, -0.2) is 4.79 Å². The minimum Gasteiger partial charge on any atom is -0.449 e. The molecule has 2 aliphatic rings. The van der Waals surface area contributed by atoms with Gasteiger partial charge in [-0.1, -0.05) is 46.8 Å². The van der Waals surface area contributed by atoms with Gasteiger partial charge in [0.2, 0.25) is 5.91 Å². The number of carbonyl (C=O) groups excluding carboxylic acids is 2. The number of carbonyl (C=O) groups is 2. The Morgan fingerprint density at radius 3 is 2.41 bits per heavy atom. The van der Waals surface area contributed by atoms with Gasteiger partial charge in [0.25, 0.3) is 0 Å². The number of nitrogens with two attached hydrogens (primary N) is 1.